The van der Waals surface area contributed by atoms with Gasteiger partial charge in [0.15, 0.2) is 11.2 Å². The first-order valence-electron chi connectivity index (χ1n) is 8.17. The summed E-state index contributed by atoms with van der Waals surface area (Å²) in [6, 6.07) is 0. The lowest BCUT2D eigenvalue weighted by atomic mass is 10.1. The number of aromatic amines is 1. The van der Waals surface area contributed by atoms with Crippen molar-refractivity contribution >= 4 is 23.1 Å². The van der Waals surface area contributed by atoms with E-state index in [2.05, 4.69) is 15.0 Å². The Morgan fingerprint density at radius 3 is 3.07 bits per heavy atom. The Morgan fingerprint density at radius 1 is 1.52 bits per heavy atom. The van der Waals surface area contributed by atoms with Crippen LogP contribution in [0.1, 0.15) is 6.42 Å². The number of allylic oxidation sites excluding steroid dienone is 1. The molecule has 11 nitrogen and oxygen atoms in total. The van der Waals surface area contributed by atoms with Crippen LogP contribution in [0.3, 0.4) is 0 Å². The fourth-order valence-electron chi connectivity index (χ4n) is 2.49. The first kappa shape index (κ1) is 18.6. The fraction of sp³-hybridized carbons (Fsp3) is 0.375. The normalized spacial score (nSPS) is 15.0. The first-order chi connectivity index (χ1) is 13.0. The minimum Gasteiger partial charge on any atom is -0.459 e. The molecule has 11 heteroatoms. The summed E-state index contributed by atoms with van der Waals surface area (Å²) in [5, 5.41) is 9.46. The Morgan fingerprint density at radius 2 is 2.33 bits per heavy atom. The third kappa shape index (κ3) is 4.33. The van der Waals surface area contributed by atoms with Gasteiger partial charge in [-0.25, -0.2) is 9.78 Å². The highest BCUT2D eigenvalue weighted by Crippen LogP contribution is 2.13. The summed E-state index contributed by atoms with van der Waals surface area (Å²) >= 11 is 0. The molecule has 0 aliphatic carbocycles. The molecule has 3 rings (SSSR count). The maximum Gasteiger partial charge on any atom is 0.335 e. The summed E-state index contributed by atoms with van der Waals surface area (Å²) in [5.74, 6) is -0.510. The third-order valence-electron chi connectivity index (χ3n) is 3.85. The molecule has 0 spiro atoms. The van der Waals surface area contributed by atoms with Gasteiger partial charge in [-0.3, -0.25) is 14.3 Å². The Bertz CT molecular complexity index is 946. The number of aromatic nitrogens is 4. The molecule has 2 aromatic heterocycles. The van der Waals surface area contributed by atoms with Gasteiger partial charge in [0.1, 0.15) is 19.4 Å². The lowest BCUT2D eigenvalue weighted by Gasteiger charge is -2.18. The highest BCUT2D eigenvalue weighted by molar-refractivity contribution is 5.88. The molecule has 0 aromatic carbocycles. The highest BCUT2D eigenvalue weighted by atomic mass is 16.6. The molecule has 0 saturated heterocycles. The van der Waals surface area contributed by atoms with Crippen molar-refractivity contribution in [3.8, 4) is 0 Å². The number of fused-ring (bicyclic) bond motifs is 1. The fourth-order valence-corrected chi connectivity index (χ4v) is 2.49. The number of rotatable bonds is 7. The number of hydrogen-bond acceptors (Lipinski definition) is 9. The number of nitrogen functional groups attached to an aromatic ring is 1. The van der Waals surface area contributed by atoms with Crippen LogP contribution in [0.15, 0.2) is 35.2 Å². The number of aliphatic hydroxyl groups excluding tert-OH is 1. The molecule has 27 heavy (non-hydrogen) atoms. The molecule has 1 aliphatic rings. The van der Waals surface area contributed by atoms with Gasteiger partial charge in [-0.2, -0.15) is 4.98 Å². The molecule has 0 fully saturated rings. The van der Waals surface area contributed by atoms with Crippen LogP contribution in [0.4, 0.5) is 5.95 Å². The number of ether oxygens (including phenoxy) is 2. The van der Waals surface area contributed by atoms with E-state index >= 15 is 0 Å². The van der Waals surface area contributed by atoms with E-state index in [0.29, 0.717) is 12.0 Å². The molecule has 0 saturated carbocycles. The Kier molecular flexibility index (Phi) is 5.52. The number of H-pyrrole nitrogens is 1. The van der Waals surface area contributed by atoms with Gasteiger partial charge in [0, 0.05) is 19.7 Å². The van der Waals surface area contributed by atoms with Crippen LogP contribution >= 0.6 is 0 Å². The van der Waals surface area contributed by atoms with Gasteiger partial charge in [-0.15, -0.1) is 0 Å². The zero-order chi connectivity index (χ0) is 19.4. The van der Waals surface area contributed by atoms with E-state index in [1.54, 1.807) is 11.1 Å². The van der Waals surface area contributed by atoms with Crippen molar-refractivity contribution < 1.29 is 19.4 Å². The number of esters is 1. The number of anilines is 1. The van der Waals surface area contributed by atoms with Gasteiger partial charge < -0.3 is 25.2 Å². The molecule has 4 N–H and O–H groups in total. The number of carbonyl (C=O) groups is 1. The molecule has 1 aliphatic heterocycles. The van der Waals surface area contributed by atoms with Gasteiger partial charge in [0.25, 0.3) is 5.56 Å². The molecule has 0 bridgehead atoms. The largest absolute Gasteiger partial charge is 0.459 e. The SMILES string of the molecule is CN1C=CCC(C(=O)OCC(CO)OCn2cnc3c(=O)[nH]c(N)nc32)=C1. The van der Waals surface area contributed by atoms with E-state index in [-0.39, 0.29) is 37.1 Å². The topological polar surface area (TPSA) is 149 Å². The zero-order valence-electron chi connectivity index (χ0n) is 14.7. The number of nitrogens with two attached hydrogens (primary N) is 1. The maximum atomic E-state index is 12.1. The van der Waals surface area contributed by atoms with E-state index in [9.17, 15) is 14.7 Å². The average Bonchev–Trinajstić information content (AvgIpc) is 3.05. The van der Waals surface area contributed by atoms with E-state index < -0.39 is 17.6 Å². The highest BCUT2D eigenvalue weighted by Gasteiger charge is 2.17. The van der Waals surface area contributed by atoms with Gasteiger partial charge in [0.2, 0.25) is 5.95 Å². The van der Waals surface area contributed by atoms with E-state index in [0.717, 1.165) is 0 Å². The van der Waals surface area contributed by atoms with Crippen LogP contribution in [0, 0.1) is 0 Å². The second-order valence-corrected chi connectivity index (χ2v) is 5.95. The molecule has 144 valence electrons. The van der Waals surface area contributed by atoms with Crippen molar-refractivity contribution in [1.29, 1.82) is 0 Å². The number of imidazole rings is 1. The lowest BCUT2D eigenvalue weighted by molar-refractivity contribution is -0.146. The average molecular weight is 376 g/mol. The van der Waals surface area contributed by atoms with Crippen molar-refractivity contribution in [3.05, 3.63) is 40.7 Å². The number of carbonyl (C=O) groups excluding carboxylic acids is 1. The van der Waals surface area contributed by atoms with Crippen molar-refractivity contribution in [1.82, 2.24) is 24.4 Å². The summed E-state index contributed by atoms with van der Waals surface area (Å²) in [6.45, 7) is -0.527. The van der Waals surface area contributed by atoms with Crippen molar-refractivity contribution in [2.75, 3.05) is 26.0 Å². The van der Waals surface area contributed by atoms with Crippen LogP contribution in [-0.2, 0) is 21.0 Å². The molecular weight excluding hydrogens is 356 g/mol. The van der Waals surface area contributed by atoms with Crippen LogP contribution in [-0.4, -0.2) is 61.9 Å². The minimum atomic E-state index is -0.747. The summed E-state index contributed by atoms with van der Waals surface area (Å²) in [7, 11) is 1.81. The number of nitrogens with zero attached hydrogens (tertiary/aromatic N) is 4. The van der Waals surface area contributed by atoms with E-state index in [4.69, 9.17) is 15.2 Å². The molecule has 1 unspecified atom stereocenters. The Hall–Kier alpha value is -3.18. The van der Waals surface area contributed by atoms with Gasteiger partial charge >= 0.3 is 5.97 Å². The van der Waals surface area contributed by atoms with Crippen LogP contribution in [0.2, 0.25) is 0 Å². The second-order valence-electron chi connectivity index (χ2n) is 5.95. The number of nitrogens with one attached hydrogen (secondary N) is 1. The summed E-state index contributed by atoms with van der Waals surface area (Å²) in [6.07, 6.45) is 6.49. The second kappa shape index (κ2) is 8.01. The Labute approximate surface area is 153 Å². The minimum absolute atomic E-state index is 0.0401. The number of aliphatic hydroxyl groups is 1. The quantitative estimate of drug-likeness (QED) is 0.534. The monoisotopic (exact) mass is 376 g/mol. The molecular formula is C16H20N6O5. The summed E-state index contributed by atoms with van der Waals surface area (Å²) in [4.78, 5) is 35.9. The van der Waals surface area contributed by atoms with Crippen LogP contribution in [0.25, 0.3) is 11.2 Å². The smallest absolute Gasteiger partial charge is 0.335 e. The van der Waals surface area contributed by atoms with Gasteiger partial charge in [-0.05, 0) is 6.20 Å². The standard InChI is InChI=1S/C16H20N6O5/c1-21-4-2-3-10(5-21)15(25)26-7-11(6-23)27-9-22-8-18-12-13(22)19-16(17)20-14(12)24/h2,4-5,8,11,23H,3,6-7,9H2,1H3,(H3,17,19,20,24). The molecule has 1 atom stereocenters. The zero-order valence-corrected chi connectivity index (χ0v) is 14.7. The third-order valence-corrected chi connectivity index (χ3v) is 3.85. The molecule has 2 aromatic rings. The Balaban J connectivity index is 1.58. The van der Waals surface area contributed by atoms with E-state index in [1.807, 2.05) is 19.3 Å². The van der Waals surface area contributed by atoms with Crippen molar-refractivity contribution in [2.45, 2.75) is 19.3 Å². The lowest BCUT2D eigenvalue weighted by Crippen LogP contribution is -2.27. The molecule has 0 amide bonds. The molecule has 0 radical (unpaired) electrons. The molecule has 3 heterocycles. The van der Waals surface area contributed by atoms with E-state index in [1.165, 1.54) is 10.9 Å². The van der Waals surface area contributed by atoms with Crippen LogP contribution in [0.5, 0.6) is 0 Å². The predicted octanol–water partition coefficient (Wildman–Crippen LogP) is -0.687. The summed E-state index contributed by atoms with van der Waals surface area (Å²) in [5.41, 5.74) is 5.98. The number of hydrogen-bond donors (Lipinski definition) is 3. The van der Waals surface area contributed by atoms with Gasteiger partial charge in [0.05, 0.1) is 18.5 Å². The van der Waals surface area contributed by atoms with Crippen molar-refractivity contribution in [2.24, 2.45) is 0 Å². The maximum absolute atomic E-state index is 12.1. The summed E-state index contributed by atoms with van der Waals surface area (Å²) < 4.78 is 12.2. The van der Waals surface area contributed by atoms with Gasteiger partial charge in [-0.1, -0.05) is 6.08 Å². The first-order valence-corrected chi connectivity index (χ1v) is 8.17. The van der Waals surface area contributed by atoms with Crippen LogP contribution < -0.4 is 11.3 Å². The van der Waals surface area contributed by atoms with Crippen molar-refractivity contribution in [3.63, 3.8) is 0 Å². The predicted molar refractivity (Wildman–Crippen MR) is 95.1 cm³/mol.